The van der Waals surface area contributed by atoms with E-state index in [2.05, 4.69) is 4.99 Å². The van der Waals surface area contributed by atoms with Gasteiger partial charge in [-0.3, -0.25) is 4.79 Å². The highest BCUT2D eigenvalue weighted by Crippen LogP contribution is 2.40. The summed E-state index contributed by atoms with van der Waals surface area (Å²) in [6.07, 6.45) is -7.50. The molecule has 0 radical (unpaired) electrons. The van der Waals surface area contributed by atoms with E-state index in [-0.39, 0.29) is 28.8 Å². The lowest BCUT2D eigenvalue weighted by molar-refractivity contribution is -0.143. The maximum atomic E-state index is 13.3. The smallest absolute Gasteiger partial charge is 0.344 e. The van der Waals surface area contributed by atoms with Crippen LogP contribution in [0.25, 0.3) is 11.3 Å². The quantitative estimate of drug-likeness (QED) is 0.364. The highest BCUT2D eigenvalue weighted by atomic mass is 19.4. The van der Waals surface area contributed by atoms with Crippen LogP contribution < -0.4 is 0 Å². The number of aliphatic imine (C=N–C) groups is 1. The second kappa shape index (κ2) is 8.16. The number of carbonyl (C=O) groups excluding carboxylic acids is 1. The molecule has 0 atom stereocenters. The summed E-state index contributed by atoms with van der Waals surface area (Å²) in [4.78, 5) is 16.6. The van der Waals surface area contributed by atoms with Gasteiger partial charge >= 0.3 is 12.4 Å². The molecule has 9 heteroatoms. The van der Waals surface area contributed by atoms with E-state index in [1.54, 1.807) is 18.4 Å². The summed E-state index contributed by atoms with van der Waals surface area (Å²) in [5.74, 6) is -0.280. The number of hydrogen-bond donors (Lipinski definition) is 0. The predicted octanol–water partition coefficient (Wildman–Crippen LogP) is 6.92. The Labute approximate surface area is 175 Å². The lowest BCUT2D eigenvalue weighted by Gasteiger charge is -2.16. The lowest BCUT2D eigenvalue weighted by Crippen LogP contribution is -2.12. The lowest BCUT2D eigenvalue weighted by atomic mass is 10.0. The first-order valence-corrected chi connectivity index (χ1v) is 9.89. The van der Waals surface area contributed by atoms with Crippen LogP contribution in [0.5, 0.6) is 0 Å². The van der Waals surface area contributed by atoms with Crippen molar-refractivity contribution in [3.8, 4) is 11.3 Å². The molecule has 0 bridgehead atoms. The van der Waals surface area contributed by atoms with Crippen molar-refractivity contribution in [2.24, 2.45) is 10.9 Å². The first-order chi connectivity index (χ1) is 14.3. The Balaban J connectivity index is 2.21. The minimum Gasteiger partial charge on any atom is -0.344 e. The van der Waals surface area contributed by atoms with Gasteiger partial charge in [0.25, 0.3) is 5.91 Å². The number of rotatable bonds is 5. The monoisotopic (exact) mass is 444 g/mol. The summed E-state index contributed by atoms with van der Waals surface area (Å²) in [5, 5.41) is 0. The van der Waals surface area contributed by atoms with Gasteiger partial charge in [-0.1, -0.05) is 6.92 Å². The van der Waals surface area contributed by atoms with Crippen LogP contribution >= 0.6 is 0 Å². The molecular formula is C22H22F6N2O. The highest BCUT2D eigenvalue weighted by Gasteiger charge is 2.37. The Morgan fingerprint density at radius 2 is 1.58 bits per heavy atom. The Morgan fingerprint density at radius 1 is 1.03 bits per heavy atom. The van der Waals surface area contributed by atoms with Crippen molar-refractivity contribution in [3.05, 3.63) is 46.6 Å². The van der Waals surface area contributed by atoms with Gasteiger partial charge in [-0.25, -0.2) is 4.99 Å². The normalized spacial score (nSPS) is 15.5. The Bertz CT molecular complexity index is 994. The van der Waals surface area contributed by atoms with E-state index in [0.29, 0.717) is 36.5 Å². The summed E-state index contributed by atoms with van der Waals surface area (Å²) in [7, 11) is 0. The number of amides is 1. The first-order valence-electron chi connectivity index (χ1n) is 9.89. The fourth-order valence-electron chi connectivity index (χ4n) is 3.31. The third-order valence-electron chi connectivity index (χ3n) is 5.42. The molecule has 0 saturated heterocycles. The standard InChI is InChI=1S/C22H22F6N2O/c1-4-12(2)29-20(31)18-10-19(30(13(18)3)11-14-5-6-14)15-7-16(21(23,24)25)9-17(8-15)22(26,27)28/h7-10,14H,4-6,11H2,1-3H3. The van der Waals surface area contributed by atoms with Crippen LogP contribution in [0.1, 0.15) is 60.3 Å². The van der Waals surface area contributed by atoms with Crippen molar-refractivity contribution in [1.82, 2.24) is 4.57 Å². The number of benzene rings is 1. The molecule has 1 saturated carbocycles. The van der Waals surface area contributed by atoms with Crippen LogP contribution in [0.4, 0.5) is 26.3 Å². The molecule has 31 heavy (non-hydrogen) atoms. The molecule has 0 aliphatic heterocycles. The number of halogens is 6. The van der Waals surface area contributed by atoms with E-state index >= 15 is 0 Å². The molecule has 2 aromatic rings. The number of hydrogen-bond acceptors (Lipinski definition) is 1. The van der Waals surface area contributed by atoms with Crippen molar-refractivity contribution in [3.63, 3.8) is 0 Å². The van der Waals surface area contributed by atoms with E-state index in [1.807, 2.05) is 6.92 Å². The zero-order chi connectivity index (χ0) is 23.1. The summed E-state index contributed by atoms with van der Waals surface area (Å²) in [5.41, 5.74) is -1.63. The molecular weight excluding hydrogens is 422 g/mol. The van der Waals surface area contributed by atoms with Crippen LogP contribution in [-0.2, 0) is 18.9 Å². The molecule has 1 aromatic heterocycles. The molecule has 1 aromatic carbocycles. The fourth-order valence-corrected chi connectivity index (χ4v) is 3.31. The van der Waals surface area contributed by atoms with Gasteiger partial charge in [0.1, 0.15) is 0 Å². The second-order valence-corrected chi connectivity index (χ2v) is 7.88. The van der Waals surface area contributed by atoms with Gasteiger partial charge in [0.05, 0.1) is 16.7 Å². The SMILES string of the molecule is CCC(C)=NC(=O)c1cc(-c2cc(C(F)(F)F)cc(C(F)(F)F)c2)n(CC2CC2)c1C. The summed E-state index contributed by atoms with van der Waals surface area (Å²) in [6.45, 7) is 5.55. The molecule has 1 amide bonds. The van der Waals surface area contributed by atoms with Gasteiger partial charge in [-0.15, -0.1) is 0 Å². The zero-order valence-electron chi connectivity index (χ0n) is 17.3. The molecule has 1 aliphatic carbocycles. The molecule has 1 aliphatic rings. The van der Waals surface area contributed by atoms with Crippen LogP contribution in [0.15, 0.2) is 29.3 Å². The fraction of sp³-hybridized carbons (Fsp3) is 0.455. The van der Waals surface area contributed by atoms with Gasteiger partial charge in [0.15, 0.2) is 0 Å². The molecule has 1 heterocycles. The van der Waals surface area contributed by atoms with E-state index in [9.17, 15) is 31.1 Å². The third kappa shape index (κ3) is 5.19. The maximum absolute atomic E-state index is 13.3. The molecule has 0 unspecified atom stereocenters. The largest absolute Gasteiger partial charge is 0.416 e. The van der Waals surface area contributed by atoms with Crippen LogP contribution in [-0.4, -0.2) is 16.2 Å². The Morgan fingerprint density at radius 3 is 2.03 bits per heavy atom. The Kier molecular flexibility index (Phi) is 6.08. The van der Waals surface area contributed by atoms with Gasteiger partial charge in [0.2, 0.25) is 0 Å². The minimum absolute atomic E-state index is 0.103. The first kappa shape index (κ1) is 23.1. The average molecular weight is 444 g/mol. The van der Waals surface area contributed by atoms with Crippen LogP contribution in [0.3, 0.4) is 0 Å². The predicted molar refractivity (Wildman–Crippen MR) is 105 cm³/mol. The van der Waals surface area contributed by atoms with Crippen molar-refractivity contribution < 1.29 is 31.1 Å². The van der Waals surface area contributed by atoms with Crippen molar-refractivity contribution in [2.45, 2.75) is 58.9 Å². The molecule has 1 fully saturated rings. The molecule has 3 nitrogen and oxygen atoms in total. The highest BCUT2D eigenvalue weighted by molar-refractivity contribution is 6.04. The molecule has 0 spiro atoms. The van der Waals surface area contributed by atoms with Crippen LogP contribution in [0, 0.1) is 12.8 Å². The summed E-state index contributed by atoms with van der Waals surface area (Å²) in [6, 6.07) is 2.85. The van der Waals surface area contributed by atoms with Crippen LogP contribution in [0.2, 0.25) is 0 Å². The molecule has 3 rings (SSSR count). The third-order valence-corrected chi connectivity index (χ3v) is 5.42. The zero-order valence-corrected chi connectivity index (χ0v) is 17.3. The molecule has 0 N–H and O–H groups in total. The molecule has 168 valence electrons. The van der Waals surface area contributed by atoms with Crippen molar-refractivity contribution in [2.75, 3.05) is 0 Å². The van der Waals surface area contributed by atoms with Gasteiger partial charge in [-0.05, 0) is 68.9 Å². The van der Waals surface area contributed by atoms with Gasteiger partial charge in [0, 0.05) is 23.6 Å². The van der Waals surface area contributed by atoms with E-state index in [4.69, 9.17) is 0 Å². The average Bonchev–Trinajstić information content (AvgIpc) is 3.43. The van der Waals surface area contributed by atoms with Gasteiger partial charge in [-0.2, -0.15) is 26.3 Å². The topological polar surface area (TPSA) is 34.4 Å². The number of alkyl halides is 6. The number of aromatic nitrogens is 1. The summed E-state index contributed by atoms with van der Waals surface area (Å²) < 4.78 is 81.6. The van der Waals surface area contributed by atoms with Crippen molar-refractivity contribution >= 4 is 11.6 Å². The van der Waals surface area contributed by atoms with Crippen molar-refractivity contribution in [1.29, 1.82) is 0 Å². The van der Waals surface area contributed by atoms with E-state index < -0.39 is 29.4 Å². The van der Waals surface area contributed by atoms with E-state index in [1.165, 1.54) is 6.07 Å². The minimum atomic E-state index is -4.94. The van der Waals surface area contributed by atoms with E-state index in [0.717, 1.165) is 12.8 Å². The number of nitrogens with zero attached hydrogens (tertiary/aromatic N) is 2. The van der Waals surface area contributed by atoms with Gasteiger partial charge < -0.3 is 4.57 Å². The maximum Gasteiger partial charge on any atom is 0.416 e. The summed E-state index contributed by atoms with van der Waals surface area (Å²) >= 11 is 0. The Hall–Kier alpha value is -2.58. The number of carbonyl (C=O) groups is 1. The second-order valence-electron chi connectivity index (χ2n) is 7.88.